The van der Waals surface area contributed by atoms with Crippen molar-refractivity contribution >= 4 is 5.91 Å². The number of carbonyl (C=O) groups is 1. The van der Waals surface area contributed by atoms with Gasteiger partial charge < -0.3 is 20.4 Å². The summed E-state index contributed by atoms with van der Waals surface area (Å²) in [5.74, 6) is -0.952. The maximum Gasteiger partial charge on any atom is 0.288 e. The second-order valence-electron chi connectivity index (χ2n) is 10.2. The Morgan fingerprint density at radius 2 is 1.90 bits per heavy atom. The molecular weight excluding hydrogens is 499 g/mol. The van der Waals surface area contributed by atoms with E-state index in [9.17, 15) is 14.3 Å². The number of aromatic hydroxyl groups is 1. The molecule has 2 heterocycles. The van der Waals surface area contributed by atoms with E-state index in [2.05, 4.69) is 9.88 Å². The Morgan fingerprint density at radius 3 is 2.67 bits per heavy atom. The van der Waals surface area contributed by atoms with Crippen molar-refractivity contribution in [2.24, 2.45) is 5.73 Å². The molecule has 9 heteroatoms. The minimum absolute atomic E-state index is 0.0487. The molecule has 0 spiro atoms. The monoisotopic (exact) mass is 534 g/mol. The molecule has 2 aromatic carbocycles. The quantitative estimate of drug-likeness (QED) is 0.430. The number of hydrogen-bond acceptors (Lipinski definition) is 7. The zero-order chi connectivity index (χ0) is 27.2. The van der Waals surface area contributed by atoms with E-state index in [4.69, 9.17) is 15.3 Å². The molecule has 2 fully saturated rings. The van der Waals surface area contributed by atoms with Gasteiger partial charge in [-0.1, -0.05) is 42.5 Å². The molecule has 0 unspecified atom stereocenters. The van der Waals surface area contributed by atoms with Crippen LogP contribution in [0, 0.1) is 5.82 Å². The third-order valence-electron chi connectivity index (χ3n) is 7.42. The molecule has 8 nitrogen and oxygen atoms in total. The third-order valence-corrected chi connectivity index (χ3v) is 7.42. The molecule has 1 aliphatic carbocycles. The average Bonchev–Trinajstić information content (AvgIpc) is 3.22. The summed E-state index contributed by atoms with van der Waals surface area (Å²) in [6.07, 6.45) is 6.02. The summed E-state index contributed by atoms with van der Waals surface area (Å²) in [5, 5.41) is 12.9. The van der Waals surface area contributed by atoms with Crippen LogP contribution in [0.3, 0.4) is 0 Å². The Balaban J connectivity index is 1.54. The van der Waals surface area contributed by atoms with Crippen molar-refractivity contribution in [3.63, 3.8) is 0 Å². The molecular formula is C30H35FN4O4. The molecule has 0 bridgehead atoms. The van der Waals surface area contributed by atoms with E-state index >= 15 is 0 Å². The van der Waals surface area contributed by atoms with Crippen molar-refractivity contribution in [2.45, 2.75) is 50.7 Å². The standard InChI is InChI=1S/C30H35FN4O4/c31-24-17-23(18-33-19-24)30(37)35(26-10-8-25(32)9-11-26)39-29-22(20-34-13-4-15-38-16-14-34)7-12-27(28(29)36)21-5-2-1-3-6-21/h1-3,5-7,12,17-19,25-26,36H,4,8-11,13-16,20,32H2. The molecule has 0 atom stereocenters. The van der Waals surface area contributed by atoms with Gasteiger partial charge in [0.05, 0.1) is 24.4 Å². The van der Waals surface area contributed by atoms with Crippen molar-refractivity contribution in [2.75, 3.05) is 26.3 Å². The number of nitrogens with two attached hydrogens (primary N) is 1. The molecule has 39 heavy (non-hydrogen) atoms. The number of pyridine rings is 1. The number of hydrogen-bond donors (Lipinski definition) is 2. The zero-order valence-electron chi connectivity index (χ0n) is 22.0. The fourth-order valence-corrected chi connectivity index (χ4v) is 5.26. The summed E-state index contributed by atoms with van der Waals surface area (Å²) in [7, 11) is 0. The number of phenols is 1. The van der Waals surface area contributed by atoms with Gasteiger partial charge in [-0.2, -0.15) is 5.06 Å². The molecule has 1 saturated carbocycles. The minimum atomic E-state index is -0.607. The number of rotatable bonds is 7. The maximum absolute atomic E-state index is 14.0. The number of halogens is 1. The lowest BCUT2D eigenvalue weighted by Gasteiger charge is -2.35. The van der Waals surface area contributed by atoms with Gasteiger partial charge in [-0.3, -0.25) is 14.7 Å². The SMILES string of the molecule is NC1CCC(N(Oc2c(CN3CCCOCC3)ccc(-c3ccccc3)c2O)C(=O)c2cncc(F)c2)CC1. The average molecular weight is 535 g/mol. The van der Waals surface area contributed by atoms with Gasteiger partial charge in [-0.15, -0.1) is 0 Å². The summed E-state index contributed by atoms with van der Waals surface area (Å²) in [6.45, 7) is 3.45. The van der Waals surface area contributed by atoms with Gasteiger partial charge in [0.2, 0.25) is 5.75 Å². The highest BCUT2D eigenvalue weighted by Gasteiger charge is 2.33. The van der Waals surface area contributed by atoms with Gasteiger partial charge in [0.1, 0.15) is 5.82 Å². The first-order valence-corrected chi connectivity index (χ1v) is 13.6. The van der Waals surface area contributed by atoms with Gasteiger partial charge in [-0.25, -0.2) is 4.39 Å². The Bertz CT molecular complexity index is 1260. The number of hydroxylamine groups is 2. The number of phenolic OH excluding ortho intramolecular Hbond substituents is 1. The van der Waals surface area contributed by atoms with Crippen LogP contribution in [0.4, 0.5) is 4.39 Å². The highest BCUT2D eigenvalue weighted by atomic mass is 19.1. The van der Waals surface area contributed by atoms with Crippen LogP contribution in [0.5, 0.6) is 11.5 Å². The summed E-state index contributed by atoms with van der Waals surface area (Å²) >= 11 is 0. The van der Waals surface area contributed by atoms with E-state index in [-0.39, 0.29) is 29.1 Å². The van der Waals surface area contributed by atoms with Gasteiger partial charge >= 0.3 is 0 Å². The highest BCUT2D eigenvalue weighted by molar-refractivity contribution is 5.93. The van der Waals surface area contributed by atoms with Crippen molar-refractivity contribution in [1.82, 2.24) is 14.9 Å². The Morgan fingerprint density at radius 1 is 1.10 bits per heavy atom. The van der Waals surface area contributed by atoms with E-state index in [0.717, 1.165) is 55.7 Å². The van der Waals surface area contributed by atoms with Crippen molar-refractivity contribution in [3.8, 4) is 22.6 Å². The van der Waals surface area contributed by atoms with E-state index in [1.54, 1.807) is 0 Å². The Labute approximate surface area is 228 Å². The van der Waals surface area contributed by atoms with Crippen LogP contribution in [-0.4, -0.2) is 64.3 Å². The van der Waals surface area contributed by atoms with Crippen LogP contribution in [0.1, 0.15) is 48.0 Å². The summed E-state index contributed by atoms with van der Waals surface area (Å²) in [5.41, 5.74) is 8.39. The molecule has 5 rings (SSSR count). The van der Waals surface area contributed by atoms with Gasteiger partial charge in [0, 0.05) is 49.6 Å². The molecule has 2 aliphatic rings. The normalized spacial score (nSPS) is 20.3. The lowest BCUT2D eigenvalue weighted by molar-refractivity contribution is -0.0741. The first-order valence-electron chi connectivity index (χ1n) is 13.6. The van der Waals surface area contributed by atoms with E-state index in [0.29, 0.717) is 38.2 Å². The Hall–Kier alpha value is -3.53. The predicted octanol–water partition coefficient (Wildman–Crippen LogP) is 4.52. The van der Waals surface area contributed by atoms with Gasteiger partial charge in [0.25, 0.3) is 5.91 Å². The molecule has 3 aromatic rings. The van der Waals surface area contributed by atoms with Crippen LogP contribution in [0.2, 0.25) is 0 Å². The lowest BCUT2D eigenvalue weighted by Crippen LogP contribution is -2.46. The van der Waals surface area contributed by atoms with Crippen LogP contribution >= 0.6 is 0 Å². The summed E-state index contributed by atoms with van der Waals surface area (Å²) in [6, 6.07) is 14.3. The largest absolute Gasteiger partial charge is 0.504 e. The zero-order valence-corrected chi connectivity index (χ0v) is 22.0. The first kappa shape index (κ1) is 27.1. The Kier molecular flexibility index (Phi) is 8.71. The fraction of sp³-hybridized carbons (Fsp3) is 0.400. The maximum atomic E-state index is 14.0. The van der Waals surface area contributed by atoms with E-state index in [1.807, 2.05) is 42.5 Å². The number of benzene rings is 2. The summed E-state index contributed by atoms with van der Waals surface area (Å²) < 4.78 is 19.6. The van der Waals surface area contributed by atoms with Crippen LogP contribution < -0.4 is 10.6 Å². The molecule has 0 radical (unpaired) electrons. The number of nitrogens with zero attached hydrogens (tertiary/aromatic N) is 3. The molecule has 1 aliphatic heterocycles. The first-order chi connectivity index (χ1) is 19.0. The smallest absolute Gasteiger partial charge is 0.288 e. The molecule has 1 saturated heterocycles. The van der Waals surface area contributed by atoms with Crippen molar-refractivity contribution < 1.29 is 23.9 Å². The van der Waals surface area contributed by atoms with Gasteiger partial charge in [-0.05, 0) is 43.7 Å². The van der Waals surface area contributed by atoms with Crippen LogP contribution in [0.25, 0.3) is 11.1 Å². The predicted molar refractivity (Wildman–Crippen MR) is 145 cm³/mol. The second kappa shape index (κ2) is 12.5. The molecule has 206 valence electrons. The highest BCUT2D eigenvalue weighted by Crippen LogP contribution is 2.41. The number of carbonyl (C=O) groups excluding carboxylic acids is 1. The molecule has 3 N–H and O–H groups in total. The molecule has 1 aromatic heterocycles. The van der Waals surface area contributed by atoms with Crippen molar-refractivity contribution in [1.29, 1.82) is 0 Å². The fourth-order valence-electron chi connectivity index (χ4n) is 5.26. The van der Waals surface area contributed by atoms with Crippen LogP contribution in [0.15, 0.2) is 60.9 Å². The number of aromatic nitrogens is 1. The number of ether oxygens (including phenoxy) is 1. The van der Waals surface area contributed by atoms with E-state index in [1.165, 1.54) is 11.3 Å². The third kappa shape index (κ3) is 6.55. The van der Waals surface area contributed by atoms with E-state index < -0.39 is 11.7 Å². The number of amides is 1. The van der Waals surface area contributed by atoms with Crippen LogP contribution in [-0.2, 0) is 11.3 Å². The van der Waals surface area contributed by atoms with Crippen molar-refractivity contribution in [3.05, 3.63) is 77.9 Å². The lowest BCUT2D eigenvalue weighted by atomic mass is 9.91. The topological polar surface area (TPSA) is 101 Å². The molecule has 1 amide bonds. The second-order valence-corrected chi connectivity index (χ2v) is 10.2. The van der Waals surface area contributed by atoms with Gasteiger partial charge in [0.15, 0.2) is 5.75 Å². The minimum Gasteiger partial charge on any atom is -0.504 e. The summed E-state index contributed by atoms with van der Waals surface area (Å²) in [4.78, 5) is 26.3.